The van der Waals surface area contributed by atoms with E-state index in [4.69, 9.17) is 37.9 Å². The first-order valence-corrected chi connectivity index (χ1v) is 17.9. The summed E-state index contributed by atoms with van der Waals surface area (Å²) in [5, 5.41) is 5.50. The van der Waals surface area contributed by atoms with Gasteiger partial charge in [-0.15, -0.1) is 0 Å². The lowest BCUT2D eigenvalue weighted by molar-refractivity contribution is -0.108. The summed E-state index contributed by atoms with van der Waals surface area (Å²) < 4.78 is 7.43. The molecule has 1 aromatic heterocycles. The molecule has 252 valence electrons. The van der Waals surface area contributed by atoms with Crippen LogP contribution in [0.25, 0.3) is 10.9 Å². The number of benzene rings is 2. The highest BCUT2D eigenvalue weighted by atomic mass is 35.5. The van der Waals surface area contributed by atoms with Gasteiger partial charge in [-0.25, -0.2) is 9.98 Å². The van der Waals surface area contributed by atoms with Gasteiger partial charge in [0.05, 0.1) is 30.2 Å². The highest BCUT2D eigenvalue weighted by Gasteiger charge is 2.56. The molecule has 3 aromatic rings. The van der Waals surface area contributed by atoms with Gasteiger partial charge in [0.2, 0.25) is 5.95 Å². The Kier molecular flexibility index (Phi) is 9.19. The zero-order valence-corrected chi connectivity index (χ0v) is 29.5. The number of aromatic nitrogens is 2. The number of piperazine rings is 1. The normalized spacial score (nSPS) is 26.4. The van der Waals surface area contributed by atoms with Crippen molar-refractivity contribution < 1.29 is 4.74 Å². The first-order chi connectivity index (χ1) is 22.6. The number of morpholine rings is 1. The molecular formula is C36H47Cl2N7O2. The molecule has 9 nitrogen and oxygen atoms in total. The topological polar surface area (TPSA) is 78.2 Å². The Balaban J connectivity index is 1.21. The van der Waals surface area contributed by atoms with E-state index in [-0.39, 0.29) is 5.56 Å². The Hall–Kier alpha value is -2.85. The van der Waals surface area contributed by atoms with Gasteiger partial charge in [0.15, 0.2) is 5.96 Å². The minimum Gasteiger partial charge on any atom is -0.378 e. The van der Waals surface area contributed by atoms with Crippen molar-refractivity contribution in [3.8, 4) is 0 Å². The Labute approximate surface area is 287 Å². The zero-order valence-electron chi connectivity index (χ0n) is 28.0. The van der Waals surface area contributed by atoms with Gasteiger partial charge in [-0.2, -0.15) is 0 Å². The number of rotatable bonds is 6. The molecule has 3 heterocycles. The van der Waals surface area contributed by atoms with Gasteiger partial charge in [0.1, 0.15) is 0 Å². The van der Waals surface area contributed by atoms with Gasteiger partial charge < -0.3 is 24.8 Å². The average molecular weight is 681 g/mol. The molecule has 2 bridgehead atoms. The predicted molar refractivity (Wildman–Crippen MR) is 192 cm³/mol. The average Bonchev–Trinajstić information content (AvgIpc) is 3.06. The maximum Gasteiger partial charge on any atom is 0.262 e. The Morgan fingerprint density at radius 2 is 1.81 bits per heavy atom. The third-order valence-electron chi connectivity index (χ3n) is 11.5. The molecule has 11 heteroatoms. The maximum atomic E-state index is 14.1. The predicted octanol–water partition coefficient (Wildman–Crippen LogP) is 5.87. The quantitative estimate of drug-likeness (QED) is 0.258. The maximum absolute atomic E-state index is 14.1. The molecule has 8 rings (SSSR count). The number of anilines is 2. The standard InChI is InChI=1S/C36H47Cl2N7O2/c1-23-29-19-25(36(29,2)3)20-31(23)40-34(43-13-11-42(4)12-14-43)39-27-7-8-28-32(22-27)41-35(44-15-17-47-18-16-44)45(33(28)46)10-9-24-5-6-26(37)21-30(24)38/h5-8,21-23,25,29,31H,9-20H2,1-4H3,(H,39,40)/t23-,25-,29-,31+/m1/s1. The van der Waals surface area contributed by atoms with E-state index < -0.39 is 0 Å². The third kappa shape index (κ3) is 6.48. The van der Waals surface area contributed by atoms with Gasteiger partial charge in [-0.1, -0.05) is 50.0 Å². The minimum absolute atomic E-state index is 0.0565. The number of ether oxygens (including phenoxy) is 1. The SMILES string of the molecule is C[C@H]1[C@@H](N=C(Nc2ccc3c(=O)n(CCc4ccc(Cl)cc4Cl)c(N4CCOCC4)nc3c2)N2CCN(C)CC2)C[C@H]2C[C@H]1C2(C)C. The molecule has 3 aliphatic carbocycles. The Morgan fingerprint density at radius 3 is 2.51 bits per heavy atom. The number of fused-ring (bicyclic) bond motifs is 3. The van der Waals surface area contributed by atoms with E-state index in [2.05, 4.69) is 47.8 Å². The Bertz CT molecular complexity index is 1710. The van der Waals surface area contributed by atoms with Crippen LogP contribution < -0.4 is 15.8 Å². The summed E-state index contributed by atoms with van der Waals surface area (Å²) in [5.74, 6) is 3.63. The van der Waals surface area contributed by atoms with E-state index in [1.807, 2.05) is 30.3 Å². The second-order valence-electron chi connectivity index (χ2n) is 14.6. The molecule has 2 aromatic carbocycles. The van der Waals surface area contributed by atoms with Crippen LogP contribution in [0.1, 0.15) is 39.2 Å². The van der Waals surface area contributed by atoms with Crippen molar-refractivity contribution in [2.24, 2.45) is 28.2 Å². The van der Waals surface area contributed by atoms with Crippen LogP contribution in [-0.2, 0) is 17.7 Å². The van der Waals surface area contributed by atoms with Crippen LogP contribution >= 0.6 is 23.2 Å². The summed E-state index contributed by atoms with van der Waals surface area (Å²) >= 11 is 12.6. The van der Waals surface area contributed by atoms with E-state index >= 15 is 0 Å². The number of guanidine groups is 1. The molecule has 2 aliphatic heterocycles. The van der Waals surface area contributed by atoms with E-state index in [0.717, 1.165) is 61.6 Å². The van der Waals surface area contributed by atoms with Crippen LogP contribution in [0, 0.1) is 23.2 Å². The molecule has 0 unspecified atom stereocenters. The summed E-state index contributed by atoms with van der Waals surface area (Å²) in [6.07, 6.45) is 3.07. The van der Waals surface area contributed by atoms with Gasteiger partial charge >= 0.3 is 0 Å². The molecule has 47 heavy (non-hydrogen) atoms. The third-order valence-corrected chi connectivity index (χ3v) is 12.1. The fourth-order valence-corrected chi connectivity index (χ4v) is 8.74. The van der Waals surface area contributed by atoms with Gasteiger partial charge in [-0.05, 0) is 85.4 Å². The molecule has 5 aliphatic rings. The Morgan fingerprint density at radius 1 is 1.04 bits per heavy atom. The summed E-state index contributed by atoms with van der Waals surface area (Å²) in [5.41, 5.74) is 2.88. The first-order valence-electron chi connectivity index (χ1n) is 17.2. The van der Waals surface area contributed by atoms with Gasteiger partial charge in [-0.3, -0.25) is 9.36 Å². The van der Waals surface area contributed by atoms with Crippen molar-refractivity contribution >= 4 is 51.7 Å². The molecule has 0 spiro atoms. The highest BCUT2D eigenvalue weighted by molar-refractivity contribution is 6.35. The zero-order chi connectivity index (χ0) is 32.9. The lowest BCUT2D eigenvalue weighted by Gasteiger charge is -2.61. The smallest absolute Gasteiger partial charge is 0.262 e. The number of nitrogens with one attached hydrogen (secondary N) is 1. The van der Waals surface area contributed by atoms with Crippen LogP contribution in [0.15, 0.2) is 46.2 Å². The summed E-state index contributed by atoms with van der Waals surface area (Å²) in [4.78, 5) is 31.6. The fraction of sp³-hybridized carbons (Fsp3) is 0.583. The van der Waals surface area contributed by atoms with E-state index in [1.54, 1.807) is 10.6 Å². The molecule has 1 N–H and O–H groups in total. The number of nitrogens with zero attached hydrogens (tertiary/aromatic N) is 6. The van der Waals surface area contributed by atoms with Crippen LogP contribution in [0.3, 0.4) is 0 Å². The molecule has 4 atom stereocenters. The van der Waals surface area contributed by atoms with Crippen molar-refractivity contribution in [3.05, 3.63) is 62.4 Å². The van der Waals surface area contributed by atoms with Crippen LogP contribution in [0.5, 0.6) is 0 Å². The molecule has 0 radical (unpaired) electrons. The van der Waals surface area contributed by atoms with E-state index in [9.17, 15) is 4.79 Å². The number of aliphatic imine (C=N–C) groups is 1. The fourth-order valence-electron chi connectivity index (χ4n) is 8.24. The largest absolute Gasteiger partial charge is 0.378 e. The number of halogens is 2. The van der Waals surface area contributed by atoms with Crippen molar-refractivity contribution in [1.82, 2.24) is 19.4 Å². The van der Waals surface area contributed by atoms with Crippen LogP contribution in [0.2, 0.25) is 10.0 Å². The summed E-state index contributed by atoms with van der Waals surface area (Å²) in [7, 11) is 2.18. The lowest BCUT2D eigenvalue weighted by atomic mass is 9.45. The van der Waals surface area contributed by atoms with Crippen LogP contribution in [-0.4, -0.2) is 90.9 Å². The summed E-state index contributed by atoms with van der Waals surface area (Å²) in [6.45, 7) is 14.1. The number of aryl methyl sites for hydroxylation is 1. The highest BCUT2D eigenvalue weighted by Crippen LogP contribution is 2.61. The molecule has 0 amide bonds. The van der Waals surface area contributed by atoms with Crippen molar-refractivity contribution in [2.45, 2.75) is 52.6 Å². The first kappa shape index (κ1) is 32.7. The second kappa shape index (κ2) is 13.2. The lowest BCUT2D eigenvalue weighted by Crippen LogP contribution is -2.57. The molecular weight excluding hydrogens is 633 g/mol. The number of hydrogen-bond acceptors (Lipinski definition) is 6. The minimum atomic E-state index is -0.0565. The van der Waals surface area contributed by atoms with Gasteiger partial charge in [0, 0.05) is 61.5 Å². The molecule has 2 saturated heterocycles. The van der Waals surface area contributed by atoms with Crippen molar-refractivity contribution in [3.63, 3.8) is 0 Å². The summed E-state index contributed by atoms with van der Waals surface area (Å²) in [6, 6.07) is 11.7. The monoisotopic (exact) mass is 679 g/mol. The molecule has 5 fully saturated rings. The van der Waals surface area contributed by atoms with Crippen molar-refractivity contribution in [1.29, 1.82) is 0 Å². The number of likely N-dealkylation sites (N-methyl/N-ethyl adjacent to an activating group) is 1. The second-order valence-corrected chi connectivity index (χ2v) is 15.4. The van der Waals surface area contributed by atoms with Crippen molar-refractivity contribution in [2.75, 3.05) is 69.7 Å². The molecule has 3 saturated carbocycles. The number of hydrogen-bond donors (Lipinski definition) is 1. The van der Waals surface area contributed by atoms with E-state index in [1.165, 1.54) is 6.42 Å². The van der Waals surface area contributed by atoms with Crippen LogP contribution in [0.4, 0.5) is 11.6 Å². The van der Waals surface area contributed by atoms with Gasteiger partial charge in [0.25, 0.3) is 5.56 Å². The van der Waals surface area contributed by atoms with E-state index in [0.29, 0.717) is 83.5 Å².